The van der Waals surface area contributed by atoms with Crippen LogP contribution in [0.15, 0.2) is 0 Å². The van der Waals surface area contributed by atoms with Gasteiger partial charge in [-0.2, -0.15) is 0 Å². The number of carbonyl (C=O) groups is 1. The summed E-state index contributed by atoms with van der Waals surface area (Å²) in [4.78, 5) is 12.2. The molecule has 2 atom stereocenters. The highest BCUT2D eigenvalue weighted by atomic mass is 16.5. The summed E-state index contributed by atoms with van der Waals surface area (Å²) < 4.78 is 5.51. The minimum Gasteiger partial charge on any atom is -0.366 e. The molecule has 1 saturated carbocycles. The van der Waals surface area contributed by atoms with E-state index >= 15 is 0 Å². The highest BCUT2D eigenvalue weighted by Gasteiger charge is 2.25. The number of ether oxygens (including phenoxy) is 1. The van der Waals surface area contributed by atoms with E-state index in [0.29, 0.717) is 13.2 Å². The van der Waals surface area contributed by atoms with Crippen LogP contribution in [0.3, 0.4) is 0 Å². The quantitative estimate of drug-likeness (QED) is 0.670. The van der Waals surface area contributed by atoms with Crippen LogP contribution in [0.5, 0.6) is 0 Å². The Hall–Kier alpha value is -0.650. The monoisotopic (exact) mass is 283 g/mol. The minimum atomic E-state index is -0.325. The molecule has 1 aliphatic carbocycles. The molecule has 0 radical (unpaired) electrons. The third-order valence-electron chi connectivity index (χ3n) is 4.36. The molecule has 1 saturated heterocycles. The van der Waals surface area contributed by atoms with Crippen molar-refractivity contribution in [3.63, 3.8) is 0 Å². The van der Waals surface area contributed by atoms with E-state index in [1.807, 2.05) is 7.05 Å². The number of hydrogen-bond acceptors (Lipinski definition) is 4. The number of rotatable bonds is 6. The van der Waals surface area contributed by atoms with E-state index in [9.17, 15) is 4.79 Å². The maximum absolute atomic E-state index is 12.2. The van der Waals surface area contributed by atoms with Crippen LogP contribution < -0.4 is 16.0 Å². The molecular weight excluding hydrogens is 254 g/mol. The summed E-state index contributed by atoms with van der Waals surface area (Å²) in [6, 6.07) is 0.223. The Morgan fingerprint density at radius 2 is 2.15 bits per heavy atom. The van der Waals surface area contributed by atoms with Crippen molar-refractivity contribution in [1.82, 2.24) is 16.0 Å². The average molecular weight is 283 g/mol. The molecule has 0 aromatic rings. The summed E-state index contributed by atoms with van der Waals surface area (Å²) in [5, 5.41) is 9.56. The van der Waals surface area contributed by atoms with Crippen molar-refractivity contribution in [2.75, 3.05) is 33.3 Å². The maximum atomic E-state index is 12.2. The first-order valence-corrected chi connectivity index (χ1v) is 8.07. The topological polar surface area (TPSA) is 62.4 Å². The predicted molar refractivity (Wildman–Crippen MR) is 79.7 cm³/mol. The van der Waals surface area contributed by atoms with Gasteiger partial charge in [0.15, 0.2) is 0 Å². The molecule has 2 rings (SSSR count). The molecule has 2 fully saturated rings. The smallest absolute Gasteiger partial charge is 0.250 e. The second-order valence-corrected chi connectivity index (χ2v) is 6.07. The van der Waals surface area contributed by atoms with E-state index in [2.05, 4.69) is 16.0 Å². The molecule has 1 amide bonds. The van der Waals surface area contributed by atoms with Gasteiger partial charge in [0, 0.05) is 25.7 Å². The van der Waals surface area contributed by atoms with Gasteiger partial charge in [-0.05, 0) is 19.4 Å². The fourth-order valence-corrected chi connectivity index (χ4v) is 3.29. The number of likely N-dealkylation sites (N-methyl/N-ethyl adjacent to an activating group) is 1. The normalized spacial score (nSPS) is 26.1. The lowest BCUT2D eigenvalue weighted by Gasteiger charge is -2.29. The molecule has 5 nitrogen and oxygen atoms in total. The summed E-state index contributed by atoms with van der Waals surface area (Å²) in [5.74, 6) is 0.807. The molecule has 3 N–H and O–H groups in total. The Morgan fingerprint density at radius 3 is 2.80 bits per heavy atom. The molecule has 20 heavy (non-hydrogen) atoms. The molecule has 0 aromatic carbocycles. The largest absolute Gasteiger partial charge is 0.366 e. The molecule has 5 heteroatoms. The lowest BCUT2D eigenvalue weighted by molar-refractivity contribution is -0.135. The number of carbonyl (C=O) groups excluding carboxylic acids is 1. The molecule has 1 heterocycles. The van der Waals surface area contributed by atoms with Crippen molar-refractivity contribution in [2.45, 2.75) is 50.7 Å². The van der Waals surface area contributed by atoms with Crippen molar-refractivity contribution in [2.24, 2.45) is 5.92 Å². The van der Waals surface area contributed by atoms with Crippen LogP contribution in [-0.4, -0.2) is 51.3 Å². The van der Waals surface area contributed by atoms with Crippen LogP contribution in [-0.2, 0) is 9.53 Å². The Labute approximate surface area is 122 Å². The third kappa shape index (κ3) is 5.04. The van der Waals surface area contributed by atoms with Crippen LogP contribution >= 0.6 is 0 Å². The molecule has 0 bridgehead atoms. The van der Waals surface area contributed by atoms with Gasteiger partial charge in [-0.15, -0.1) is 0 Å². The fraction of sp³-hybridized carbons (Fsp3) is 0.933. The highest BCUT2D eigenvalue weighted by Crippen LogP contribution is 2.27. The van der Waals surface area contributed by atoms with E-state index < -0.39 is 0 Å². The van der Waals surface area contributed by atoms with Crippen LogP contribution in [0.2, 0.25) is 0 Å². The Balaban J connectivity index is 1.79. The van der Waals surface area contributed by atoms with Gasteiger partial charge in [0.05, 0.1) is 6.61 Å². The van der Waals surface area contributed by atoms with Crippen molar-refractivity contribution < 1.29 is 9.53 Å². The SMILES string of the molecule is CNC[C@H](CC1CCCCC1)NC(=O)C1CNCCO1. The standard InChI is InChI=1S/C15H29N3O2/c1-16-10-13(9-12-5-3-2-4-6-12)18-15(19)14-11-17-7-8-20-14/h12-14,16-17H,2-11H2,1H3,(H,18,19)/t13-,14?/m0/s1. The predicted octanol–water partition coefficient (Wildman–Crippen LogP) is 0.649. The second kappa shape index (κ2) is 8.60. The molecule has 0 aromatic heterocycles. The van der Waals surface area contributed by atoms with Crippen molar-refractivity contribution in [1.29, 1.82) is 0 Å². The Kier molecular flexibility index (Phi) is 6.76. The summed E-state index contributed by atoms with van der Waals surface area (Å²) in [6.07, 6.45) is 7.47. The number of nitrogens with one attached hydrogen (secondary N) is 3. The van der Waals surface area contributed by atoms with E-state index in [0.717, 1.165) is 25.4 Å². The Bertz CT molecular complexity index is 287. The number of amides is 1. The maximum Gasteiger partial charge on any atom is 0.250 e. The zero-order chi connectivity index (χ0) is 14.2. The Morgan fingerprint density at radius 1 is 1.35 bits per heavy atom. The van der Waals surface area contributed by atoms with Gasteiger partial charge in [0.1, 0.15) is 6.10 Å². The minimum absolute atomic E-state index is 0.0354. The van der Waals surface area contributed by atoms with Crippen LogP contribution in [0.25, 0.3) is 0 Å². The van der Waals surface area contributed by atoms with E-state index in [1.54, 1.807) is 0 Å². The number of morpholine rings is 1. The van der Waals surface area contributed by atoms with Crippen LogP contribution in [0.1, 0.15) is 38.5 Å². The van der Waals surface area contributed by atoms with Gasteiger partial charge < -0.3 is 20.7 Å². The lowest BCUT2D eigenvalue weighted by atomic mass is 9.84. The first-order valence-electron chi connectivity index (χ1n) is 8.07. The zero-order valence-electron chi connectivity index (χ0n) is 12.6. The summed E-state index contributed by atoms with van der Waals surface area (Å²) in [5.41, 5.74) is 0. The van der Waals surface area contributed by atoms with Crippen LogP contribution in [0.4, 0.5) is 0 Å². The van der Waals surface area contributed by atoms with Gasteiger partial charge in [-0.1, -0.05) is 32.1 Å². The lowest BCUT2D eigenvalue weighted by Crippen LogP contribution is -2.52. The first-order chi connectivity index (χ1) is 9.79. The van der Waals surface area contributed by atoms with E-state index in [-0.39, 0.29) is 18.1 Å². The second-order valence-electron chi connectivity index (χ2n) is 6.07. The molecule has 2 aliphatic rings. The molecular formula is C15H29N3O2. The highest BCUT2D eigenvalue weighted by molar-refractivity contribution is 5.81. The molecule has 0 spiro atoms. The van der Waals surface area contributed by atoms with E-state index in [1.165, 1.54) is 32.1 Å². The summed E-state index contributed by atoms with van der Waals surface area (Å²) >= 11 is 0. The fourth-order valence-electron chi connectivity index (χ4n) is 3.29. The van der Waals surface area contributed by atoms with Gasteiger partial charge >= 0.3 is 0 Å². The van der Waals surface area contributed by atoms with Crippen LogP contribution in [0, 0.1) is 5.92 Å². The van der Waals surface area contributed by atoms with E-state index in [4.69, 9.17) is 4.74 Å². The average Bonchev–Trinajstić information content (AvgIpc) is 2.49. The zero-order valence-corrected chi connectivity index (χ0v) is 12.6. The van der Waals surface area contributed by atoms with Gasteiger partial charge in [0.25, 0.3) is 5.91 Å². The van der Waals surface area contributed by atoms with Crippen molar-refractivity contribution in [3.8, 4) is 0 Å². The van der Waals surface area contributed by atoms with Gasteiger partial charge in [-0.3, -0.25) is 4.79 Å². The van der Waals surface area contributed by atoms with Gasteiger partial charge in [-0.25, -0.2) is 0 Å². The summed E-state index contributed by atoms with van der Waals surface area (Å²) in [6.45, 7) is 2.92. The summed E-state index contributed by atoms with van der Waals surface area (Å²) in [7, 11) is 1.94. The molecule has 1 aliphatic heterocycles. The number of hydrogen-bond donors (Lipinski definition) is 3. The van der Waals surface area contributed by atoms with Crippen molar-refractivity contribution >= 4 is 5.91 Å². The van der Waals surface area contributed by atoms with Gasteiger partial charge in [0.2, 0.25) is 0 Å². The third-order valence-corrected chi connectivity index (χ3v) is 4.36. The first kappa shape index (κ1) is 15.7. The van der Waals surface area contributed by atoms with Crippen molar-refractivity contribution in [3.05, 3.63) is 0 Å². The molecule has 1 unspecified atom stereocenters. The molecule has 116 valence electrons.